The number of nitrogens with zero attached hydrogens (tertiary/aromatic N) is 2. The van der Waals surface area contributed by atoms with E-state index in [0.717, 1.165) is 5.56 Å². The Hall–Kier alpha value is -1.47. The van der Waals surface area contributed by atoms with Crippen molar-refractivity contribution in [1.82, 2.24) is 10.2 Å². The van der Waals surface area contributed by atoms with Gasteiger partial charge in [0.25, 0.3) is 5.69 Å². The molecule has 0 saturated carbocycles. The van der Waals surface area contributed by atoms with Gasteiger partial charge in [0.15, 0.2) is 0 Å². The SMILES string of the molecule is CCN(CC)C(=O)CCNCc1ccc(Br)c([N+](=O)[O-])c1. The first-order valence-electron chi connectivity index (χ1n) is 6.90. The predicted octanol–water partition coefficient (Wildman–Crippen LogP) is 2.71. The van der Waals surface area contributed by atoms with Gasteiger partial charge >= 0.3 is 0 Å². The molecule has 1 rings (SSSR count). The molecule has 0 aliphatic rings. The first-order valence-corrected chi connectivity index (χ1v) is 7.70. The summed E-state index contributed by atoms with van der Waals surface area (Å²) in [5, 5.41) is 14.0. The third kappa shape index (κ3) is 5.43. The number of carbonyl (C=O) groups excluding carboxylic acids is 1. The summed E-state index contributed by atoms with van der Waals surface area (Å²) < 4.78 is 0.466. The summed E-state index contributed by atoms with van der Waals surface area (Å²) in [4.78, 5) is 24.0. The van der Waals surface area contributed by atoms with Crippen molar-refractivity contribution in [3.8, 4) is 0 Å². The molecule has 0 aromatic heterocycles. The normalized spacial score (nSPS) is 10.4. The van der Waals surface area contributed by atoms with Crippen molar-refractivity contribution in [2.24, 2.45) is 0 Å². The van der Waals surface area contributed by atoms with Crippen LogP contribution in [0.2, 0.25) is 0 Å². The van der Waals surface area contributed by atoms with E-state index in [1.54, 1.807) is 11.0 Å². The summed E-state index contributed by atoms with van der Waals surface area (Å²) in [6.45, 7) is 6.40. The predicted molar refractivity (Wildman–Crippen MR) is 85.0 cm³/mol. The number of carbonyl (C=O) groups is 1. The lowest BCUT2D eigenvalue weighted by Gasteiger charge is -2.18. The monoisotopic (exact) mass is 357 g/mol. The topological polar surface area (TPSA) is 75.5 Å². The van der Waals surface area contributed by atoms with Crippen molar-refractivity contribution in [2.75, 3.05) is 19.6 Å². The van der Waals surface area contributed by atoms with E-state index in [0.29, 0.717) is 37.1 Å². The molecule has 0 atom stereocenters. The average Bonchev–Trinajstić information content (AvgIpc) is 2.46. The van der Waals surface area contributed by atoms with Crippen LogP contribution in [0.1, 0.15) is 25.8 Å². The van der Waals surface area contributed by atoms with Gasteiger partial charge in [-0.25, -0.2) is 0 Å². The second-order valence-corrected chi connectivity index (χ2v) is 5.39. The van der Waals surface area contributed by atoms with E-state index >= 15 is 0 Å². The maximum absolute atomic E-state index is 11.8. The number of amides is 1. The quantitative estimate of drug-likeness (QED) is 0.440. The van der Waals surface area contributed by atoms with Gasteiger partial charge in [-0.15, -0.1) is 0 Å². The maximum atomic E-state index is 11.8. The van der Waals surface area contributed by atoms with Gasteiger partial charge in [-0.05, 0) is 41.4 Å². The van der Waals surface area contributed by atoms with Crippen LogP contribution in [0.5, 0.6) is 0 Å². The first kappa shape index (κ1) is 17.6. The highest BCUT2D eigenvalue weighted by molar-refractivity contribution is 9.10. The smallest absolute Gasteiger partial charge is 0.283 e. The number of hydrogen-bond acceptors (Lipinski definition) is 4. The Bertz CT molecular complexity index is 504. The molecule has 21 heavy (non-hydrogen) atoms. The molecule has 7 heteroatoms. The van der Waals surface area contributed by atoms with Gasteiger partial charge in [0.05, 0.1) is 9.40 Å². The van der Waals surface area contributed by atoms with Crippen LogP contribution in [0.3, 0.4) is 0 Å². The van der Waals surface area contributed by atoms with Crippen LogP contribution in [0.15, 0.2) is 22.7 Å². The van der Waals surface area contributed by atoms with Gasteiger partial charge in [-0.1, -0.05) is 6.07 Å². The second kappa shape index (κ2) is 8.74. The van der Waals surface area contributed by atoms with Crippen molar-refractivity contribution in [1.29, 1.82) is 0 Å². The third-order valence-electron chi connectivity index (χ3n) is 3.17. The Morgan fingerprint density at radius 2 is 2.05 bits per heavy atom. The minimum atomic E-state index is -0.419. The van der Waals surface area contributed by atoms with Gasteiger partial charge in [-0.3, -0.25) is 14.9 Å². The molecular formula is C14H20BrN3O3. The Balaban J connectivity index is 2.45. The highest BCUT2D eigenvalue weighted by atomic mass is 79.9. The van der Waals surface area contributed by atoms with E-state index in [1.807, 2.05) is 19.9 Å². The summed E-state index contributed by atoms with van der Waals surface area (Å²) in [6.07, 6.45) is 0.431. The van der Waals surface area contributed by atoms with E-state index < -0.39 is 4.92 Å². The molecule has 6 nitrogen and oxygen atoms in total. The summed E-state index contributed by atoms with van der Waals surface area (Å²) in [7, 11) is 0. The first-order chi connectivity index (χ1) is 9.99. The fraction of sp³-hybridized carbons (Fsp3) is 0.500. The molecule has 0 bridgehead atoms. The number of nitro benzene ring substituents is 1. The van der Waals surface area contributed by atoms with Crippen LogP contribution in [-0.2, 0) is 11.3 Å². The number of nitro groups is 1. The average molecular weight is 358 g/mol. The maximum Gasteiger partial charge on any atom is 0.283 e. The molecule has 0 saturated heterocycles. The van der Waals surface area contributed by atoms with Crippen LogP contribution < -0.4 is 5.32 Å². The standard InChI is InChI=1S/C14H20BrN3O3/c1-3-17(4-2)14(19)7-8-16-10-11-5-6-12(15)13(9-11)18(20)21/h5-6,9,16H,3-4,7-8,10H2,1-2H3. The number of rotatable bonds is 8. The molecule has 0 fully saturated rings. The van der Waals surface area contributed by atoms with Crippen molar-refractivity contribution >= 4 is 27.5 Å². The second-order valence-electron chi connectivity index (χ2n) is 4.54. The van der Waals surface area contributed by atoms with Crippen molar-refractivity contribution in [2.45, 2.75) is 26.8 Å². The highest BCUT2D eigenvalue weighted by Crippen LogP contribution is 2.25. The summed E-state index contributed by atoms with van der Waals surface area (Å²) in [5.41, 5.74) is 0.869. The molecule has 1 amide bonds. The lowest BCUT2D eigenvalue weighted by Crippen LogP contribution is -2.32. The fourth-order valence-electron chi connectivity index (χ4n) is 1.97. The van der Waals surface area contributed by atoms with E-state index in [4.69, 9.17) is 0 Å². The van der Waals surface area contributed by atoms with Crippen LogP contribution in [0, 0.1) is 10.1 Å². The minimum absolute atomic E-state index is 0.0496. The zero-order chi connectivity index (χ0) is 15.8. The van der Waals surface area contributed by atoms with Gasteiger partial charge in [0.1, 0.15) is 0 Å². The number of benzene rings is 1. The van der Waals surface area contributed by atoms with Crippen LogP contribution in [0.4, 0.5) is 5.69 Å². The number of nitrogens with one attached hydrogen (secondary N) is 1. The molecule has 0 heterocycles. The third-order valence-corrected chi connectivity index (χ3v) is 3.84. The minimum Gasteiger partial charge on any atom is -0.343 e. The summed E-state index contributed by atoms with van der Waals surface area (Å²) >= 11 is 3.15. The Morgan fingerprint density at radius 1 is 1.38 bits per heavy atom. The molecule has 0 unspecified atom stereocenters. The van der Waals surface area contributed by atoms with E-state index in [9.17, 15) is 14.9 Å². The Kier molecular flexibility index (Phi) is 7.31. The van der Waals surface area contributed by atoms with Gasteiger partial charge in [-0.2, -0.15) is 0 Å². The molecule has 116 valence electrons. The molecule has 0 spiro atoms. The largest absolute Gasteiger partial charge is 0.343 e. The number of hydrogen-bond donors (Lipinski definition) is 1. The lowest BCUT2D eigenvalue weighted by atomic mass is 10.2. The zero-order valence-electron chi connectivity index (χ0n) is 12.3. The van der Waals surface area contributed by atoms with Crippen molar-refractivity contribution < 1.29 is 9.72 Å². The van der Waals surface area contributed by atoms with E-state index in [1.165, 1.54) is 6.07 Å². The van der Waals surface area contributed by atoms with Crippen LogP contribution in [-0.4, -0.2) is 35.4 Å². The van der Waals surface area contributed by atoms with Gasteiger partial charge in [0, 0.05) is 38.7 Å². The molecule has 0 aliphatic heterocycles. The molecule has 1 aromatic rings. The molecule has 0 aliphatic carbocycles. The lowest BCUT2D eigenvalue weighted by molar-refractivity contribution is -0.385. The van der Waals surface area contributed by atoms with Crippen molar-refractivity contribution in [3.05, 3.63) is 38.3 Å². The molecule has 1 aromatic carbocycles. The fourth-order valence-corrected chi connectivity index (χ4v) is 2.36. The Morgan fingerprint density at radius 3 is 2.62 bits per heavy atom. The summed E-state index contributed by atoms with van der Waals surface area (Å²) in [6, 6.07) is 5.01. The van der Waals surface area contributed by atoms with Gasteiger partial charge < -0.3 is 10.2 Å². The zero-order valence-corrected chi connectivity index (χ0v) is 13.9. The molecule has 1 N–H and O–H groups in total. The number of halogens is 1. The molecule has 0 radical (unpaired) electrons. The highest BCUT2D eigenvalue weighted by Gasteiger charge is 2.12. The Labute approximate surface area is 132 Å². The molecular weight excluding hydrogens is 338 g/mol. The van der Waals surface area contributed by atoms with Crippen LogP contribution in [0.25, 0.3) is 0 Å². The summed E-state index contributed by atoms with van der Waals surface area (Å²) in [5.74, 6) is 0.120. The van der Waals surface area contributed by atoms with Crippen molar-refractivity contribution in [3.63, 3.8) is 0 Å². The van der Waals surface area contributed by atoms with E-state index in [-0.39, 0.29) is 11.6 Å². The van der Waals surface area contributed by atoms with E-state index in [2.05, 4.69) is 21.2 Å². The van der Waals surface area contributed by atoms with Crippen LogP contribution >= 0.6 is 15.9 Å². The van der Waals surface area contributed by atoms with Gasteiger partial charge in [0.2, 0.25) is 5.91 Å².